The van der Waals surface area contributed by atoms with E-state index in [0.717, 1.165) is 6.92 Å². The number of aromatic nitrogens is 1. The highest BCUT2D eigenvalue weighted by atomic mass is 16.4. The van der Waals surface area contributed by atoms with Gasteiger partial charge in [-0.2, -0.15) is 0 Å². The summed E-state index contributed by atoms with van der Waals surface area (Å²) in [5.41, 5.74) is -1.74. The molecule has 1 heterocycles. The first-order valence-corrected chi connectivity index (χ1v) is 3.60. The first-order valence-electron chi connectivity index (χ1n) is 3.60. The van der Waals surface area contributed by atoms with Gasteiger partial charge in [0.2, 0.25) is 5.41 Å². The fourth-order valence-electron chi connectivity index (χ4n) is 0.963. The predicted molar refractivity (Wildman–Crippen MR) is 43.4 cm³/mol. The molecule has 5 heteroatoms. The summed E-state index contributed by atoms with van der Waals surface area (Å²) in [6.45, 7) is 1.14. The molecule has 1 aromatic heterocycles. The minimum atomic E-state index is -1.90. The van der Waals surface area contributed by atoms with Crippen LogP contribution in [0.5, 0.6) is 0 Å². The third-order valence-electron chi connectivity index (χ3n) is 1.99. The van der Waals surface area contributed by atoms with Gasteiger partial charge in [-0.1, -0.05) is 0 Å². The van der Waals surface area contributed by atoms with Crippen molar-refractivity contribution in [2.24, 2.45) is 0 Å². The summed E-state index contributed by atoms with van der Waals surface area (Å²) in [6, 6.07) is 2.99. The molecule has 0 radical (unpaired) electrons. The zero-order valence-corrected chi connectivity index (χ0v) is 6.94. The van der Waals surface area contributed by atoms with Crippen LogP contribution >= 0.6 is 0 Å². The third-order valence-corrected chi connectivity index (χ3v) is 1.99. The number of aromatic amines is 1. The van der Waals surface area contributed by atoms with Crippen LogP contribution in [0, 0.1) is 0 Å². The molecule has 1 rings (SSSR count). The van der Waals surface area contributed by atoms with Gasteiger partial charge in [0.25, 0.3) is 0 Å². The molecule has 0 fully saturated rings. The van der Waals surface area contributed by atoms with E-state index in [4.69, 9.17) is 10.2 Å². The molecule has 70 valence electrons. The van der Waals surface area contributed by atoms with Gasteiger partial charge >= 0.3 is 11.9 Å². The number of carbonyl (C=O) groups is 2. The highest BCUT2D eigenvalue weighted by Crippen LogP contribution is 2.22. The molecule has 0 atom stereocenters. The number of hydrogen-bond donors (Lipinski definition) is 3. The van der Waals surface area contributed by atoms with Crippen molar-refractivity contribution in [1.82, 2.24) is 4.98 Å². The Balaban J connectivity index is 3.21. The van der Waals surface area contributed by atoms with Crippen LogP contribution in [0.4, 0.5) is 0 Å². The largest absolute Gasteiger partial charge is 0.480 e. The van der Waals surface area contributed by atoms with Gasteiger partial charge in [0.05, 0.1) is 0 Å². The fraction of sp³-hybridized carbons (Fsp3) is 0.250. The molecule has 1 aromatic rings. The lowest BCUT2D eigenvalue weighted by Gasteiger charge is -2.17. The number of carboxylic acid groups (broad SMARTS) is 2. The Bertz CT molecular complexity index is 314. The van der Waals surface area contributed by atoms with Crippen molar-refractivity contribution in [2.45, 2.75) is 12.3 Å². The fourth-order valence-corrected chi connectivity index (χ4v) is 0.963. The van der Waals surface area contributed by atoms with Crippen LogP contribution in [0.2, 0.25) is 0 Å². The van der Waals surface area contributed by atoms with E-state index >= 15 is 0 Å². The Morgan fingerprint density at radius 2 is 1.92 bits per heavy atom. The smallest absolute Gasteiger partial charge is 0.326 e. The Labute approximate surface area is 74.0 Å². The summed E-state index contributed by atoms with van der Waals surface area (Å²) in [4.78, 5) is 24.1. The quantitative estimate of drug-likeness (QED) is 0.593. The van der Waals surface area contributed by atoms with Gasteiger partial charge in [0.1, 0.15) is 0 Å². The molecule has 0 aliphatic heterocycles. The lowest BCUT2D eigenvalue weighted by Crippen LogP contribution is -2.41. The van der Waals surface area contributed by atoms with E-state index in [1.54, 1.807) is 6.07 Å². The second-order valence-corrected chi connectivity index (χ2v) is 2.82. The Hall–Kier alpha value is -1.78. The maximum atomic E-state index is 10.8. The van der Waals surface area contributed by atoms with Gasteiger partial charge in [-0.15, -0.1) is 0 Å². The number of carboxylic acids is 2. The average molecular weight is 183 g/mol. The van der Waals surface area contributed by atoms with E-state index in [0.29, 0.717) is 0 Å². The molecular formula is C8H9NO4. The number of aliphatic carboxylic acids is 2. The van der Waals surface area contributed by atoms with Gasteiger partial charge < -0.3 is 15.2 Å². The highest BCUT2D eigenvalue weighted by molar-refractivity contribution is 6.03. The highest BCUT2D eigenvalue weighted by Gasteiger charge is 2.44. The molecule has 0 aromatic carbocycles. The first-order chi connectivity index (χ1) is 5.99. The van der Waals surface area contributed by atoms with Gasteiger partial charge in [0.15, 0.2) is 0 Å². The molecule has 0 amide bonds. The second kappa shape index (κ2) is 2.93. The van der Waals surface area contributed by atoms with E-state index in [1.165, 1.54) is 12.3 Å². The molecule has 0 aliphatic rings. The molecule has 0 bridgehead atoms. The summed E-state index contributed by atoms with van der Waals surface area (Å²) < 4.78 is 0. The van der Waals surface area contributed by atoms with E-state index in [1.807, 2.05) is 0 Å². The predicted octanol–water partition coefficient (Wildman–Crippen LogP) is 0.442. The summed E-state index contributed by atoms with van der Waals surface area (Å²) in [6.07, 6.45) is 1.49. The van der Waals surface area contributed by atoms with Crippen LogP contribution in [0.1, 0.15) is 12.6 Å². The molecular weight excluding hydrogens is 174 g/mol. The lowest BCUT2D eigenvalue weighted by atomic mass is 9.87. The molecule has 0 spiro atoms. The van der Waals surface area contributed by atoms with E-state index in [9.17, 15) is 9.59 Å². The first kappa shape index (κ1) is 9.31. The molecule has 0 saturated carbocycles. The average Bonchev–Trinajstić information content (AvgIpc) is 2.54. The monoisotopic (exact) mass is 183 g/mol. The van der Waals surface area contributed by atoms with Gasteiger partial charge in [-0.25, -0.2) is 0 Å². The molecule has 0 aliphatic carbocycles. The zero-order chi connectivity index (χ0) is 10.1. The van der Waals surface area contributed by atoms with Crippen LogP contribution in [0.15, 0.2) is 18.3 Å². The molecule has 0 unspecified atom stereocenters. The van der Waals surface area contributed by atoms with E-state index in [-0.39, 0.29) is 5.69 Å². The zero-order valence-electron chi connectivity index (χ0n) is 6.94. The maximum absolute atomic E-state index is 10.8. The SMILES string of the molecule is CC(C(=O)O)(C(=O)O)c1ccc[nH]1. The Morgan fingerprint density at radius 3 is 2.23 bits per heavy atom. The van der Waals surface area contributed by atoms with Crippen molar-refractivity contribution < 1.29 is 19.8 Å². The van der Waals surface area contributed by atoms with Crippen LogP contribution in [-0.4, -0.2) is 27.1 Å². The summed E-state index contributed by atoms with van der Waals surface area (Å²) in [7, 11) is 0. The van der Waals surface area contributed by atoms with Gasteiger partial charge in [-0.05, 0) is 19.1 Å². The van der Waals surface area contributed by atoms with Crippen molar-refractivity contribution in [1.29, 1.82) is 0 Å². The van der Waals surface area contributed by atoms with Crippen LogP contribution in [0.25, 0.3) is 0 Å². The van der Waals surface area contributed by atoms with Gasteiger partial charge in [0, 0.05) is 11.9 Å². The minimum absolute atomic E-state index is 0.160. The van der Waals surface area contributed by atoms with E-state index in [2.05, 4.69) is 4.98 Å². The van der Waals surface area contributed by atoms with Crippen molar-refractivity contribution >= 4 is 11.9 Å². The van der Waals surface area contributed by atoms with Crippen molar-refractivity contribution in [3.8, 4) is 0 Å². The number of hydrogen-bond acceptors (Lipinski definition) is 2. The standard InChI is InChI=1S/C8H9NO4/c1-8(6(10)11,7(12)13)5-3-2-4-9-5/h2-4,9H,1H3,(H,10,11)(H,12,13). The number of rotatable bonds is 3. The normalized spacial score (nSPS) is 11.2. The number of nitrogens with one attached hydrogen (secondary N) is 1. The number of H-pyrrole nitrogens is 1. The summed E-state index contributed by atoms with van der Waals surface area (Å²) in [5.74, 6) is -2.77. The Kier molecular flexibility index (Phi) is 2.10. The van der Waals surface area contributed by atoms with Crippen LogP contribution < -0.4 is 0 Å². The molecule has 13 heavy (non-hydrogen) atoms. The summed E-state index contributed by atoms with van der Waals surface area (Å²) in [5, 5.41) is 17.5. The molecule has 0 saturated heterocycles. The summed E-state index contributed by atoms with van der Waals surface area (Å²) >= 11 is 0. The lowest BCUT2D eigenvalue weighted by molar-refractivity contribution is -0.156. The van der Waals surface area contributed by atoms with Crippen LogP contribution in [-0.2, 0) is 15.0 Å². The van der Waals surface area contributed by atoms with Gasteiger partial charge in [-0.3, -0.25) is 9.59 Å². The van der Waals surface area contributed by atoms with Crippen molar-refractivity contribution in [3.05, 3.63) is 24.0 Å². The maximum Gasteiger partial charge on any atom is 0.326 e. The van der Waals surface area contributed by atoms with Crippen molar-refractivity contribution in [2.75, 3.05) is 0 Å². The van der Waals surface area contributed by atoms with Crippen molar-refractivity contribution in [3.63, 3.8) is 0 Å². The van der Waals surface area contributed by atoms with Crippen LogP contribution in [0.3, 0.4) is 0 Å². The minimum Gasteiger partial charge on any atom is -0.480 e. The Morgan fingerprint density at radius 1 is 1.38 bits per heavy atom. The van der Waals surface area contributed by atoms with E-state index < -0.39 is 17.4 Å². The third kappa shape index (κ3) is 1.28. The second-order valence-electron chi connectivity index (χ2n) is 2.82. The topological polar surface area (TPSA) is 90.4 Å². The molecule has 5 nitrogen and oxygen atoms in total. The molecule has 3 N–H and O–H groups in total.